The Morgan fingerprint density at radius 3 is 2.65 bits per heavy atom. The Kier molecular flexibility index (Phi) is 5.24. The maximum Gasteiger partial charge on any atom is 0.244 e. The normalized spacial score (nSPS) is 18.6. The zero-order valence-corrected chi connectivity index (χ0v) is 11.0. The minimum Gasteiger partial charge on any atom is -0.314 e. The lowest BCUT2D eigenvalue weighted by Crippen LogP contribution is -2.43. The molecule has 1 aliphatic heterocycles. The Morgan fingerprint density at radius 1 is 1.47 bits per heavy atom. The van der Waals surface area contributed by atoms with Crippen molar-refractivity contribution in [1.82, 2.24) is 5.32 Å². The van der Waals surface area contributed by atoms with Crippen molar-refractivity contribution in [2.45, 2.75) is 6.04 Å². The molecule has 2 rings (SSSR count). The van der Waals surface area contributed by atoms with Crippen LogP contribution in [0.5, 0.6) is 0 Å². The summed E-state index contributed by atoms with van der Waals surface area (Å²) in [7, 11) is 1.71. The van der Waals surface area contributed by atoms with Gasteiger partial charge in [-0.2, -0.15) is 0 Å². The number of benzene rings is 1. The number of halogens is 2. The number of nitrogens with zero attached hydrogens (tertiary/aromatic N) is 1. The molecule has 1 aliphatic rings. The summed E-state index contributed by atoms with van der Waals surface area (Å²) >= 11 is 1.71. The van der Waals surface area contributed by atoms with E-state index in [1.807, 2.05) is 0 Å². The van der Waals surface area contributed by atoms with Crippen LogP contribution in [-0.4, -0.2) is 30.6 Å². The minimum atomic E-state index is -0.292. The van der Waals surface area contributed by atoms with Gasteiger partial charge in [0.1, 0.15) is 5.82 Å². The van der Waals surface area contributed by atoms with Gasteiger partial charge < -0.3 is 4.90 Å². The van der Waals surface area contributed by atoms with Crippen LogP contribution in [0.3, 0.4) is 0 Å². The van der Waals surface area contributed by atoms with Gasteiger partial charge in [0.15, 0.2) is 0 Å². The Balaban J connectivity index is 0.00000144. The summed E-state index contributed by atoms with van der Waals surface area (Å²) in [5.74, 6) is 1.34. The molecule has 1 aromatic rings. The van der Waals surface area contributed by atoms with Crippen LogP contribution < -0.4 is 10.2 Å². The third-order valence-corrected chi connectivity index (χ3v) is 3.50. The molecular formula is C11H14ClFN2OS. The summed E-state index contributed by atoms with van der Waals surface area (Å²) in [5.41, 5.74) is 0.713. The zero-order chi connectivity index (χ0) is 11.5. The standard InChI is InChI=1S/C11H13FN2OS.ClH/c1-14(9-4-2-8(12)3-5-9)11(15)10-6-16-7-13-10;/h2-5,10,13H,6-7H2,1H3;1H. The molecule has 94 valence electrons. The topological polar surface area (TPSA) is 32.3 Å². The Bertz CT molecular complexity index is 382. The van der Waals surface area contributed by atoms with Gasteiger partial charge in [-0.3, -0.25) is 10.1 Å². The third kappa shape index (κ3) is 3.34. The quantitative estimate of drug-likeness (QED) is 0.895. The predicted molar refractivity (Wildman–Crippen MR) is 71.3 cm³/mol. The number of anilines is 1. The lowest BCUT2D eigenvalue weighted by Gasteiger charge is -2.20. The van der Waals surface area contributed by atoms with Gasteiger partial charge in [0.05, 0.1) is 6.04 Å². The predicted octanol–water partition coefficient (Wildman–Crippen LogP) is 1.87. The van der Waals surface area contributed by atoms with Crippen LogP contribution in [0.2, 0.25) is 0 Å². The van der Waals surface area contributed by atoms with Crippen LogP contribution in [-0.2, 0) is 4.79 Å². The van der Waals surface area contributed by atoms with Gasteiger partial charge in [0, 0.05) is 24.4 Å². The average molecular weight is 277 g/mol. The van der Waals surface area contributed by atoms with Crippen LogP contribution in [0.1, 0.15) is 0 Å². The molecule has 1 amide bonds. The van der Waals surface area contributed by atoms with Gasteiger partial charge in [0.2, 0.25) is 5.91 Å². The summed E-state index contributed by atoms with van der Waals surface area (Å²) in [6, 6.07) is 5.80. The number of nitrogens with one attached hydrogen (secondary N) is 1. The maximum absolute atomic E-state index is 12.7. The first kappa shape index (κ1) is 14.3. The molecule has 1 saturated heterocycles. The molecule has 1 fully saturated rings. The average Bonchev–Trinajstić information content (AvgIpc) is 2.81. The summed E-state index contributed by atoms with van der Waals surface area (Å²) in [6.07, 6.45) is 0. The fraction of sp³-hybridized carbons (Fsp3) is 0.364. The highest BCUT2D eigenvalue weighted by Crippen LogP contribution is 2.17. The lowest BCUT2D eigenvalue weighted by atomic mass is 10.2. The van der Waals surface area contributed by atoms with E-state index in [1.165, 1.54) is 12.1 Å². The fourth-order valence-corrected chi connectivity index (χ4v) is 2.51. The van der Waals surface area contributed by atoms with Crippen LogP contribution in [0.15, 0.2) is 24.3 Å². The highest BCUT2D eigenvalue weighted by molar-refractivity contribution is 7.99. The number of thioether (sulfide) groups is 1. The molecule has 1 N–H and O–H groups in total. The van der Waals surface area contributed by atoms with Crippen molar-refractivity contribution in [3.63, 3.8) is 0 Å². The molecule has 0 spiro atoms. The number of carbonyl (C=O) groups is 1. The minimum absolute atomic E-state index is 0. The van der Waals surface area contributed by atoms with Crippen molar-refractivity contribution in [3.05, 3.63) is 30.1 Å². The van der Waals surface area contributed by atoms with Gasteiger partial charge in [-0.05, 0) is 24.3 Å². The Hall–Kier alpha value is -0.780. The molecule has 6 heteroatoms. The van der Waals surface area contributed by atoms with Gasteiger partial charge in [-0.1, -0.05) is 0 Å². The van der Waals surface area contributed by atoms with Gasteiger partial charge in [-0.25, -0.2) is 4.39 Å². The van der Waals surface area contributed by atoms with Crippen LogP contribution in [0, 0.1) is 5.82 Å². The smallest absolute Gasteiger partial charge is 0.244 e. The van der Waals surface area contributed by atoms with Crippen LogP contribution in [0.4, 0.5) is 10.1 Å². The number of hydrogen-bond donors (Lipinski definition) is 1. The molecule has 0 aromatic heterocycles. The molecule has 0 radical (unpaired) electrons. The monoisotopic (exact) mass is 276 g/mol. The first-order valence-corrected chi connectivity index (χ1v) is 6.18. The number of hydrogen-bond acceptors (Lipinski definition) is 3. The summed E-state index contributed by atoms with van der Waals surface area (Å²) in [4.78, 5) is 13.5. The largest absolute Gasteiger partial charge is 0.314 e. The van der Waals surface area contributed by atoms with Gasteiger partial charge >= 0.3 is 0 Å². The molecule has 0 saturated carbocycles. The van der Waals surface area contributed by atoms with E-state index in [0.29, 0.717) is 5.69 Å². The number of rotatable bonds is 2. The van der Waals surface area contributed by atoms with Crippen LogP contribution >= 0.6 is 24.2 Å². The van der Waals surface area contributed by atoms with E-state index in [-0.39, 0.29) is 30.2 Å². The number of carbonyl (C=O) groups excluding carboxylic acids is 1. The molecule has 1 atom stereocenters. The van der Waals surface area contributed by atoms with E-state index in [0.717, 1.165) is 11.6 Å². The molecule has 0 bridgehead atoms. The van der Waals surface area contributed by atoms with Crippen molar-refractivity contribution in [2.24, 2.45) is 0 Å². The SMILES string of the molecule is CN(C(=O)C1CSCN1)c1ccc(F)cc1.Cl. The Labute approximate surface area is 110 Å². The summed E-state index contributed by atoms with van der Waals surface area (Å²) < 4.78 is 12.7. The maximum atomic E-state index is 12.7. The summed E-state index contributed by atoms with van der Waals surface area (Å²) in [6.45, 7) is 0. The second-order valence-electron chi connectivity index (χ2n) is 3.65. The summed E-state index contributed by atoms with van der Waals surface area (Å²) in [5, 5.41) is 3.12. The van der Waals surface area contributed by atoms with Gasteiger partial charge in [-0.15, -0.1) is 24.2 Å². The number of likely N-dealkylation sites (N-methyl/N-ethyl adjacent to an activating group) is 1. The van der Waals surface area contributed by atoms with E-state index in [4.69, 9.17) is 0 Å². The highest BCUT2D eigenvalue weighted by Gasteiger charge is 2.25. The first-order valence-electron chi connectivity index (χ1n) is 5.03. The second-order valence-corrected chi connectivity index (χ2v) is 4.68. The van der Waals surface area contributed by atoms with E-state index < -0.39 is 0 Å². The van der Waals surface area contributed by atoms with E-state index in [9.17, 15) is 9.18 Å². The van der Waals surface area contributed by atoms with E-state index in [1.54, 1.807) is 35.8 Å². The molecule has 1 aromatic carbocycles. The third-order valence-electron chi connectivity index (χ3n) is 2.56. The van der Waals surface area contributed by atoms with E-state index in [2.05, 4.69) is 5.32 Å². The van der Waals surface area contributed by atoms with Gasteiger partial charge in [0.25, 0.3) is 0 Å². The lowest BCUT2D eigenvalue weighted by molar-refractivity contribution is -0.119. The van der Waals surface area contributed by atoms with Crippen LogP contribution in [0.25, 0.3) is 0 Å². The second kappa shape index (κ2) is 6.23. The Morgan fingerprint density at radius 2 is 2.12 bits per heavy atom. The molecule has 0 aliphatic carbocycles. The van der Waals surface area contributed by atoms with Crippen molar-refractivity contribution in [3.8, 4) is 0 Å². The van der Waals surface area contributed by atoms with Crippen molar-refractivity contribution < 1.29 is 9.18 Å². The molecule has 3 nitrogen and oxygen atoms in total. The van der Waals surface area contributed by atoms with Crippen molar-refractivity contribution in [1.29, 1.82) is 0 Å². The number of amides is 1. The molecule has 1 heterocycles. The highest BCUT2D eigenvalue weighted by atomic mass is 35.5. The molecule has 1 unspecified atom stereocenters. The zero-order valence-electron chi connectivity index (χ0n) is 9.35. The first-order chi connectivity index (χ1) is 7.68. The fourth-order valence-electron chi connectivity index (χ4n) is 1.58. The van der Waals surface area contributed by atoms with Crippen molar-refractivity contribution >= 4 is 35.8 Å². The molecule has 17 heavy (non-hydrogen) atoms. The molecular weight excluding hydrogens is 263 g/mol. The van der Waals surface area contributed by atoms with E-state index >= 15 is 0 Å². The van der Waals surface area contributed by atoms with Crippen molar-refractivity contribution in [2.75, 3.05) is 23.6 Å².